The summed E-state index contributed by atoms with van der Waals surface area (Å²) in [6.45, 7) is 2.74. The van der Waals surface area contributed by atoms with Crippen molar-refractivity contribution in [2.75, 3.05) is 13.1 Å². The van der Waals surface area contributed by atoms with E-state index in [1.807, 2.05) is 6.92 Å². The van der Waals surface area contributed by atoms with Crippen LogP contribution in [0.2, 0.25) is 0 Å². The van der Waals surface area contributed by atoms with Crippen molar-refractivity contribution in [3.63, 3.8) is 0 Å². The Morgan fingerprint density at radius 3 is 2.68 bits per heavy atom. The molecule has 0 radical (unpaired) electrons. The maximum absolute atomic E-state index is 13.1. The number of nitrogens with zero attached hydrogens (tertiary/aromatic N) is 1. The molecule has 2 atom stereocenters. The van der Waals surface area contributed by atoms with Crippen LogP contribution in [0.4, 0.5) is 4.39 Å². The first-order valence-corrected chi connectivity index (χ1v) is 7.36. The molecule has 0 aromatic heterocycles. The first kappa shape index (κ1) is 16.4. The Hall–Kier alpha value is -0.690. The van der Waals surface area contributed by atoms with Crippen molar-refractivity contribution in [3.8, 4) is 0 Å². The molecule has 1 aliphatic heterocycles. The van der Waals surface area contributed by atoms with Gasteiger partial charge in [-0.05, 0) is 37.5 Å². The molecule has 4 nitrogen and oxygen atoms in total. The van der Waals surface area contributed by atoms with Crippen LogP contribution in [-0.2, 0) is 10.0 Å². The highest BCUT2D eigenvalue weighted by Crippen LogP contribution is 2.25. The molecule has 108 valence electrons. The van der Waals surface area contributed by atoms with E-state index in [2.05, 4.69) is 0 Å². The van der Waals surface area contributed by atoms with Crippen LogP contribution in [0.15, 0.2) is 29.2 Å². The Morgan fingerprint density at radius 2 is 2.16 bits per heavy atom. The van der Waals surface area contributed by atoms with E-state index in [0.717, 1.165) is 12.5 Å². The topological polar surface area (TPSA) is 63.4 Å². The molecular formula is C12H18ClFN2O2S. The fraction of sp³-hybridized carbons (Fsp3) is 0.500. The van der Waals surface area contributed by atoms with E-state index in [1.54, 1.807) is 0 Å². The lowest BCUT2D eigenvalue weighted by molar-refractivity contribution is 0.428. The van der Waals surface area contributed by atoms with Crippen LogP contribution in [0.25, 0.3) is 0 Å². The van der Waals surface area contributed by atoms with Crippen molar-refractivity contribution < 1.29 is 12.8 Å². The highest BCUT2D eigenvalue weighted by Gasteiger charge is 2.33. The summed E-state index contributed by atoms with van der Waals surface area (Å²) in [6, 6.07) is 5.07. The van der Waals surface area contributed by atoms with Gasteiger partial charge in [0.15, 0.2) is 0 Å². The molecule has 0 aliphatic carbocycles. The quantitative estimate of drug-likeness (QED) is 0.922. The van der Waals surface area contributed by atoms with Gasteiger partial charge in [0.25, 0.3) is 0 Å². The molecule has 2 rings (SSSR count). The van der Waals surface area contributed by atoms with Gasteiger partial charge in [-0.2, -0.15) is 4.31 Å². The predicted molar refractivity (Wildman–Crippen MR) is 74.2 cm³/mol. The van der Waals surface area contributed by atoms with Crippen LogP contribution in [0, 0.1) is 11.7 Å². The zero-order valence-corrected chi connectivity index (χ0v) is 12.3. The molecule has 0 amide bonds. The van der Waals surface area contributed by atoms with Crippen LogP contribution in [0.5, 0.6) is 0 Å². The second-order valence-corrected chi connectivity index (χ2v) is 6.67. The smallest absolute Gasteiger partial charge is 0.243 e. The van der Waals surface area contributed by atoms with Crippen LogP contribution < -0.4 is 5.73 Å². The first-order chi connectivity index (χ1) is 8.41. The van der Waals surface area contributed by atoms with Crippen molar-refractivity contribution in [2.45, 2.75) is 24.3 Å². The molecule has 2 unspecified atom stereocenters. The van der Waals surface area contributed by atoms with Gasteiger partial charge in [-0.3, -0.25) is 0 Å². The van der Waals surface area contributed by atoms with E-state index in [1.165, 1.54) is 22.5 Å². The summed E-state index contributed by atoms with van der Waals surface area (Å²) >= 11 is 0. The number of benzene rings is 1. The van der Waals surface area contributed by atoms with Gasteiger partial charge in [-0.1, -0.05) is 6.07 Å². The van der Waals surface area contributed by atoms with Crippen LogP contribution >= 0.6 is 12.4 Å². The summed E-state index contributed by atoms with van der Waals surface area (Å²) in [5.74, 6) is -0.368. The van der Waals surface area contributed by atoms with Gasteiger partial charge in [0.1, 0.15) is 5.82 Å². The molecule has 1 heterocycles. The molecule has 1 fully saturated rings. The second-order valence-electron chi connectivity index (χ2n) is 4.73. The largest absolute Gasteiger partial charge is 0.328 e. The zero-order chi connectivity index (χ0) is 13.3. The fourth-order valence-corrected chi connectivity index (χ4v) is 3.72. The minimum absolute atomic E-state index is 0. The molecule has 0 saturated carbocycles. The van der Waals surface area contributed by atoms with Crippen molar-refractivity contribution in [1.29, 1.82) is 0 Å². The molecule has 19 heavy (non-hydrogen) atoms. The van der Waals surface area contributed by atoms with Gasteiger partial charge in [-0.25, -0.2) is 12.8 Å². The van der Waals surface area contributed by atoms with Crippen molar-refractivity contribution >= 4 is 22.4 Å². The Kier molecular flexibility index (Phi) is 5.32. The minimum atomic E-state index is -3.59. The van der Waals surface area contributed by atoms with Crippen LogP contribution in [-0.4, -0.2) is 31.9 Å². The summed E-state index contributed by atoms with van der Waals surface area (Å²) in [5.41, 5.74) is 5.78. The van der Waals surface area contributed by atoms with Gasteiger partial charge < -0.3 is 5.73 Å². The van der Waals surface area contributed by atoms with Gasteiger partial charge in [-0.15, -0.1) is 12.4 Å². The van der Waals surface area contributed by atoms with Crippen molar-refractivity contribution in [1.82, 2.24) is 4.31 Å². The summed E-state index contributed by atoms with van der Waals surface area (Å²) in [5, 5.41) is 0. The lowest BCUT2D eigenvalue weighted by Crippen LogP contribution is -2.33. The Labute approximate surface area is 119 Å². The summed E-state index contributed by atoms with van der Waals surface area (Å²) in [7, 11) is -3.59. The number of nitrogens with two attached hydrogens (primary N) is 1. The van der Waals surface area contributed by atoms with E-state index < -0.39 is 15.8 Å². The molecule has 2 N–H and O–H groups in total. The normalized spacial score (nSPS) is 21.9. The molecule has 0 bridgehead atoms. The van der Waals surface area contributed by atoms with Gasteiger partial charge in [0.05, 0.1) is 4.90 Å². The molecule has 1 aromatic rings. The monoisotopic (exact) mass is 308 g/mol. The highest BCUT2D eigenvalue weighted by atomic mass is 35.5. The van der Waals surface area contributed by atoms with Gasteiger partial charge >= 0.3 is 0 Å². The summed E-state index contributed by atoms with van der Waals surface area (Å²) in [4.78, 5) is 0.00724. The predicted octanol–water partition coefficient (Wildman–Crippen LogP) is 1.61. The summed E-state index contributed by atoms with van der Waals surface area (Å²) < 4.78 is 39.0. The van der Waals surface area contributed by atoms with Crippen LogP contribution in [0.1, 0.15) is 13.3 Å². The molecule has 7 heteroatoms. The third kappa shape index (κ3) is 3.45. The lowest BCUT2D eigenvalue weighted by atomic mass is 10.0. The van der Waals surface area contributed by atoms with E-state index in [4.69, 9.17) is 5.73 Å². The zero-order valence-electron chi connectivity index (χ0n) is 10.6. The van der Waals surface area contributed by atoms with E-state index >= 15 is 0 Å². The number of hydrogen-bond donors (Lipinski definition) is 1. The molecule has 1 saturated heterocycles. The molecule has 0 spiro atoms. The van der Waals surface area contributed by atoms with E-state index in [-0.39, 0.29) is 29.3 Å². The highest BCUT2D eigenvalue weighted by molar-refractivity contribution is 7.89. The average molecular weight is 309 g/mol. The maximum atomic E-state index is 13.1. The average Bonchev–Trinajstić information content (AvgIpc) is 2.79. The minimum Gasteiger partial charge on any atom is -0.328 e. The number of sulfonamides is 1. The molecule has 1 aliphatic rings. The number of hydrogen-bond acceptors (Lipinski definition) is 3. The fourth-order valence-electron chi connectivity index (χ4n) is 2.18. The number of rotatable bonds is 3. The summed E-state index contributed by atoms with van der Waals surface area (Å²) in [6.07, 6.45) is 0.756. The van der Waals surface area contributed by atoms with E-state index in [9.17, 15) is 12.8 Å². The third-order valence-electron chi connectivity index (χ3n) is 3.36. The Balaban J connectivity index is 0.00000180. The van der Waals surface area contributed by atoms with Crippen LogP contribution in [0.3, 0.4) is 0 Å². The van der Waals surface area contributed by atoms with Crippen molar-refractivity contribution in [2.24, 2.45) is 11.7 Å². The molecule has 1 aromatic carbocycles. The maximum Gasteiger partial charge on any atom is 0.243 e. The van der Waals surface area contributed by atoms with Gasteiger partial charge in [0.2, 0.25) is 10.0 Å². The Bertz CT molecular complexity index is 536. The third-order valence-corrected chi connectivity index (χ3v) is 5.23. The van der Waals surface area contributed by atoms with Crippen molar-refractivity contribution in [3.05, 3.63) is 30.1 Å². The Morgan fingerprint density at radius 1 is 1.47 bits per heavy atom. The standard InChI is InChI=1S/C12H17FN2O2S.ClH/c1-9(14)10-5-6-15(8-10)18(16,17)12-4-2-3-11(13)7-12;/h2-4,7,9-10H,5-6,8,14H2,1H3;1H. The van der Waals surface area contributed by atoms with E-state index in [0.29, 0.717) is 13.1 Å². The SMILES string of the molecule is CC(N)C1CCN(S(=O)(=O)c2cccc(F)c2)C1.Cl. The van der Waals surface area contributed by atoms with Gasteiger partial charge in [0, 0.05) is 19.1 Å². The first-order valence-electron chi connectivity index (χ1n) is 5.92. The second kappa shape index (κ2) is 6.17. The lowest BCUT2D eigenvalue weighted by Gasteiger charge is -2.18. The number of halogens is 2. The molecular weight excluding hydrogens is 291 g/mol.